The van der Waals surface area contributed by atoms with Gasteiger partial charge in [-0.15, -0.1) is 11.8 Å². The lowest BCUT2D eigenvalue weighted by Crippen LogP contribution is -2.35. The van der Waals surface area contributed by atoms with E-state index in [0.29, 0.717) is 0 Å². The Morgan fingerprint density at radius 1 is 0.667 bits per heavy atom. The first-order chi connectivity index (χ1) is 15.8. The third-order valence-electron chi connectivity index (χ3n) is 5.69. The molecule has 0 atom stereocenters. The fraction of sp³-hybridized carbons (Fsp3) is 0.167. The second-order valence-electron chi connectivity index (χ2n) is 7.63. The van der Waals surface area contributed by atoms with Gasteiger partial charge in [0.25, 0.3) is 11.1 Å². The summed E-state index contributed by atoms with van der Waals surface area (Å²) in [6.45, 7) is 0. The molecule has 168 valence electrons. The third-order valence-corrected chi connectivity index (χ3v) is 6.95. The molecule has 0 heterocycles. The second-order valence-corrected chi connectivity index (χ2v) is 8.99. The van der Waals surface area contributed by atoms with Gasteiger partial charge in [-0.2, -0.15) is 0 Å². The summed E-state index contributed by atoms with van der Waals surface area (Å²) in [7, 11) is 0. The van der Waals surface area contributed by atoms with Crippen LogP contribution in [-0.4, -0.2) is 20.3 Å². The summed E-state index contributed by atoms with van der Waals surface area (Å²) < 4.78 is 28.6. The highest BCUT2D eigenvalue weighted by Gasteiger charge is 2.45. The lowest BCUT2D eigenvalue weighted by Gasteiger charge is -2.27. The van der Waals surface area contributed by atoms with E-state index in [-0.39, 0.29) is 21.6 Å². The van der Waals surface area contributed by atoms with Crippen molar-refractivity contribution < 1.29 is 18.6 Å². The zero-order chi connectivity index (χ0) is 23.6. The number of rotatable bonds is 6. The Labute approximate surface area is 192 Å². The molecule has 9 heteroatoms. The Hall–Kier alpha value is -3.59. The van der Waals surface area contributed by atoms with Gasteiger partial charge in [0.05, 0.1) is 11.1 Å². The SMILES string of the molecule is O=[N+]([O-])C1(c2ccccc2F)C=CC(SC2C=CC(c3ccccc3F)([N+](=O)[O-])C=C2)C=C1. The molecule has 0 amide bonds. The molecule has 2 aliphatic carbocycles. The Morgan fingerprint density at radius 3 is 1.30 bits per heavy atom. The van der Waals surface area contributed by atoms with Gasteiger partial charge < -0.3 is 0 Å². The lowest BCUT2D eigenvalue weighted by atomic mass is 9.86. The van der Waals surface area contributed by atoms with Crippen LogP contribution in [0.25, 0.3) is 0 Å². The van der Waals surface area contributed by atoms with E-state index < -0.39 is 32.6 Å². The molecular weight excluding hydrogens is 450 g/mol. The van der Waals surface area contributed by atoms with Crippen LogP contribution in [0, 0.1) is 31.9 Å². The van der Waals surface area contributed by atoms with Gasteiger partial charge in [-0.1, -0.05) is 48.6 Å². The molecule has 0 spiro atoms. The van der Waals surface area contributed by atoms with Crippen molar-refractivity contribution >= 4 is 11.8 Å². The summed E-state index contributed by atoms with van der Waals surface area (Å²) in [5, 5.41) is 23.1. The van der Waals surface area contributed by atoms with Gasteiger partial charge in [0.15, 0.2) is 0 Å². The first-order valence-electron chi connectivity index (χ1n) is 10.0. The Bertz CT molecular complexity index is 1100. The molecule has 0 N–H and O–H groups in total. The maximum Gasteiger partial charge on any atom is 0.286 e. The summed E-state index contributed by atoms with van der Waals surface area (Å²) in [5.41, 5.74) is -3.70. The predicted molar refractivity (Wildman–Crippen MR) is 122 cm³/mol. The van der Waals surface area contributed by atoms with Crippen LogP contribution in [0.1, 0.15) is 11.1 Å². The minimum absolute atomic E-state index is 0.0518. The third kappa shape index (κ3) is 4.00. The quantitative estimate of drug-likeness (QED) is 0.325. The Morgan fingerprint density at radius 2 is 1.00 bits per heavy atom. The van der Waals surface area contributed by atoms with E-state index >= 15 is 0 Å². The van der Waals surface area contributed by atoms with Crippen LogP contribution < -0.4 is 0 Å². The average molecular weight is 468 g/mol. The van der Waals surface area contributed by atoms with E-state index in [9.17, 15) is 29.0 Å². The zero-order valence-corrected chi connectivity index (χ0v) is 17.9. The van der Waals surface area contributed by atoms with E-state index in [0.717, 1.165) is 0 Å². The highest BCUT2D eigenvalue weighted by molar-refractivity contribution is 8.01. The molecule has 0 unspecified atom stereocenters. The number of benzene rings is 2. The molecule has 4 rings (SSSR count). The maximum atomic E-state index is 14.3. The fourth-order valence-corrected chi connectivity index (χ4v) is 4.98. The standard InChI is InChI=1S/C24H18F2N2O4S/c25-21-7-3-1-5-19(21)23(27(29)30)13-9-17(10-14-23)33-18-11-15-24(16-12-18,28(31)32)20-6-2-4-8-22(20)26/h1-18H. The van der Waals surface area contributed by atoms with Gasteiger partial charge in [-0.25, -0.2) is 8.78 Å². The van der Waals surface area contributed by atoms with Crippen molar-refractivity contribution in [3.05, 3.63) is 140 Å². The van der Waals surface area contributed by atoms with E-state index in [1.807, 2.05) is 0 Å². The van der Waals surface area contributed by atoms with Crippen LogP contribution in [0.3, 0.4) is 0 Å². The van der Waals surface area contributed by atoms with E-state index in [1.165, 1.54) is 72.5 Å². The van der Waals surface area contributed by atoms with Gasteiger partial charge in [0.1, 0.15) is 11.6 Å². The first-order valence-corrected chi connectivity index (χ1v) is 10.9. The van der Waals surface area contributed by atoms with E-state index in [1.54, 1.807) is 36.4 Å². The molecule has 0 radical (unpaired) electrons. The number of hydrogen-bond donors (Lipinski definition) is 0. The van der Waals surface area contributed by atoms with Gasteiger partial charge in [0.2, 0.25) is 0 Å². The number of nitrogens with zero attached hydrogens (tertiary/aromatic N) is 2. The van der Waals surface area contributed by atoms with Crippen LogP contribution >= 0.6 is 11.8 Å². The topological polar surface area (TPSA) is 86.3 Å². The molecule has 0 saturated heterocycles. The van der Waals surface area contributed by atoms with Gasteiger partial charge in [-0.3, -0.25) is 20.2 Å². The van der Waals surface area contributed by atoms with Gasteiger partial charge >= 0.3 is 0 Å². The normalized spacial score (nSPS) is 28.1. The average Bonchev–Trinajstić information content (AvgIpc) is 2.81. The highest BCUT2D eigenvalue weighted by Crippen LogP contribution is 2.39. The smallest absolute Gasteiger partial charge is 0.263 e. The fourth-order valence-electron chi connectivity index (χ4n) is 3.94. The summed E-state index contributed by atoms with van der Waals surface area (Å²) in [4.78, 5) is 22.6. The predicted octanol–water partition coefficient (Wildman–Crippen LogP) is 5.33. The van der Waals surface area contributed by atoms with Crippen LogP contribution in [0.15, 0.2) is 97.1 Å². The van der Waals surface area contributed by atoms with Crippen molar-refractivity contribution in [1.82, 2.24) is 0 Å². The van der Waals surface area contributed by atoms with Crippen molar-refractivity contribution in [1.29, 1.82) is 0 Å². The first kappa shape index (κ1) is 22.6. The Kier molecular flexibility index (Phi) is 5.99. The molecule has 0 aromatic heterocycles. The second kappa shape index (κ2) is 8.74. The van der Waals surface area contributed by atoms with Crippen molar-refractivity contribution in [2.45, 2.75) is 21.6 Å². The van der Waals surface area contributed by atoms with Crippen molar-refractivity contribution in [3.8, 4) is 0 Å². The van der Waals surface area contributed by atoms with Crippen LogP contribution in [0.5, 0.6) is 0 Å². The van der Waals surface area contributed by atoms with Crippen LogP contribution in [0.2, 0.25) is 0 Å². The van der Waals surface area contributed by atoms with E-state index in [4.69, 9.17) is 0 Å². The summed E-state index contributed by atoms with van der Waals surface area (Å²) in [5.74, 6) is -1.34. The maximum absolute atomic E-state index is 14.3. The van der Waals surface area contributed by atoms with Crippen LogP contribution in [0.4, 0.5) is 8.78 Å². The largest absolute Gasteiger partial charge is 0.286 e. The van der Waals surface area contributed by atoms with E-state index in [2.05, 4.69) is 0 Å². The molecule has 2 aromatic rings. The van der Waals surface area contributed by atoms with Crippen LogP contribution in [-0.2, 0) is 11.1 Å². The highest BCUT2D eigenvalue weighted by atomic mass is 32.2. The molecule has 0 saturated carbocycles. The molecule has 2 aromatic carbocycles. The summed E-state index contributed by atoms with van der Waals surface area (Å²) in [6, 6.07) is 11.1. The monoisotopic (exact) mass is 468 g/mol. The van der Waals surface area contributed by atoms with Gasteiger partial charge in [-0.05, 0) is 48.6 Å². The molecule has 33 heavy (non-hydrogen) atoms. The minimum Gasteiger partial charge on any atom is -0.263 e. The molecule has 2 aliphatic rings. The zero-order valence-electron chi connectivity index (χ0n) is 17.1. The molecular formula is C24H18F2N2O4S. The molecule has 0 aliphatic heterocycles. The number of halogens is 2. The van der Waals surface area contributed by atoms with Gasteiger partial charge in [0, 0.05) is 20.3 Å². The molecule has 6 nitrogen and oxygen atoms in total. The molecule has 0 fully saturated rings. The number of hydrogen-bond acceptors (Lipinski definition) is 5. The summed E-state index contributed by atoms with van der Waals surface area (Å²) in [6.07, 6.45) is 11.9. The Balaban J connectivity index is 1.53. The summed E-state index contributed by atoms with van der Waals surface area (Å²) >= 11 is 1.39. The van der Waals surface area contributed by atoms with Crippen molar-refractivity contribution in [3.63, 3.8) is 0 Å². The molecule has 0 bridgehead atoms. The lowest BCUT2D eigenvalue weighted by molar-refractivity contribution is -0.549. The number of thioether (sulfide) groups is 1. The number of nitro groups is 2. The minimum atomic E-state index is -1.80. The van der Waals surface area contributed by atoms with Crippen molar-refractivity contribution in [2.75, 3.05) is 0 Å². The van der Waals surface area contributed by atoms with Crippen molar-refractivity contribution in [2.24, 2.45) is 0 Å².